The van der Waals surface area contributed by atoms with Gasteiger partial charge in [-0.2, -0.15) is 17.0 Å². The van der Waals surface area contributed by atoms with Crippen LogP contribution in [0.25, 0.3) is 0 Å². The number of piperazine rings is 1. The number of morpholine rings is 1. The lowest BCUT2D eigenvalue weighted by molar-refractivity contribution is -0.0457. The number of hydrogen-bond acceptors (Lipinski definition) is 4. The molecule has 140 valence electrons. The molecule has 3 rings (SSSR count). The fourth-order valence-electron chi connectivity index (χ4n) is 3.67. The molecule has 1 aromatic rings. The van der Waals surface area contributed by atoms with Crippen LogP contribution in [0, 0.1) is 6.92 Å². The van der Waals surface area contributed by atoms with Crippen LogP contribution in [-0.4, -0.2) is 73.4 Å². The summed E-state index contributed by atoms with van der Waals surface area (Å²) in [7, 11) is -3.39. The van der Waals surface area contributed by atoms with Crippen LogP contribution in [0.1, 0.15) is 25.0 Å². The fourth-order valence-corrected chi connectivity index (χ4v) is 5.42. The van der Waals surface area contributed by atoms with Crippen LogP contribution in [-0.2, 0) is 21.5 Å². The minimum Gasteiger partial charge on any atom is -0.373 e. The second-order valence-electron chi connectivity index (χ2n) is 7.25. The van der Waals surface area contributed by atoms with Crippen molar-refractivity contribution in [1.82, 2.24) is 13.5 Å². The van der Waals surface area contributed by atoms with Crippen molar-refractivity contribution in [2.45, 2.75) is 39.5 Å². The highest BCUT2D eigenvalue weighted by molar-refractivity contribution is 7.86. The van der Waals surface area contributed by atoms with E-state index in [0.717, 1.165) is 19.6 Å². The lowest BCUT2D eigenvalue weighted by Crippen LogP contribution is -2.57. The average molecular weight is 368 g/mol. The number of benzene rings is 1. The molecule has 25 heavy (non-hydrogen) atoms. The first-order chi connectivity index (χ1) is 11.8. The van der Waals surface area contributed by atoms with Crippen molar-refractivity contribution in [2.75, 3.05) is 39.3 Å². The van der Waals surface area contributed by atoms with Crippen molar-refractivity contribution in [1.29, 1.82) is 0 Å². The Hall–Kier alpha value is -0.990. The Morgan fingerprint density at radius 3 is 2.28 bits per heavy atom. The summed E-state index contributed by atoms with van der Waals surface area (Å²) in [6.07, 6.45) is -0.109. The van der Waals surface area contributed by atoms with Crippen molar-refractivity contribution in [3.63, 3.8) is 0 Å². The highest BCUT2D eigenvalue weighted by Gasteiger charge is 2.36. The van der Waals surface area contributed by atoms with Gasteiger partial charge >= 0.3 is 0 Å². The van der Waals surface area contributed by atoms with E-state index < -0.39 is 10.2 Å². The zero-order valence-electron chi connectivity index (χ0n) is 15.4. The van der Waals surface area contributed by atoms with Gasteiger partial charge in [0.1, 0.15) is 0 Å². The van der Waals surface area contributed by atoms with Crippen LogP contribution in [0.15, 0.2) is 24.3 Å². The first kappa shape index (κ1) is 18.8. The Kier molecular flexibility index (Phi) is 5.80. The second kappa shape index (κ2) is 7.72. The highest BCUT2D eigenvalue weighted by Crippen LogP contribution is 2.19. The van der Waals surface area contributed by atoms with Gasteiger partial charge in [0.05, 0.1) is 12.2 Å². The molecule has 7 heteroatoms. The Morgan fingerprint density at radius 2 is 1.68 bits per heavy atom. The van der Waals surface area contributed by atoms with Gasteiger partial charge in [-0.15, -0.1) is 0 Å². The lowest BCUT2D eigenvalue weighted by atomic mass is 10.1. The maximum atomic E-state index is 12.9. The molecule has 2 aliphatic heterocycles. The van der Waals surface area contributed by atoms with Crippen LogP contribution in [0.5, 0.6) is 0 Å². The molecule has 0 aliphatic carbocycles. The predicted octanol–water partition coefficient (Wildman–Crippen LogP) is 1.47. The summed E-state index contributed by atoms with van der Waals surface area (Å²) in [5, 5.41) is 0. The number of ether oxygens (including phenoxy) is 1. The summed E-state index contributed by atoms with van der Waals surface area (Å²) in [6, 6.07) is 8.50. The molecule has 0 bridgehead atoms. The van der Waals surface area contributed by atoms with Gasteiger partial charge < -0.3 is 4.74 Å². The van der Waals surface area contributed by atoms with Crippen molar-refractivity contribution in [2.24, 2.45) is 0 Å². The number of aryl methyl sites for hydroxylation is 1. The van der Waals surface area contributed by atoms with E-state index in [1.54, 1.807) is 8.61 Å². The van der Waals surface area contributed by atoms with Gasteiger partial charge in [-0.25, -0.2) is 0 Å². The van der Waals surface area contributed by atoms with E-state index in [1.165, 1.54) is 11.1 Å². The smallest absolute Gasteiger partial charge is 0.282 e. The maximum absolute atomic E-state index is 12.9. The molecule has 0 radical (unpaired) electrons. The average Bonchev–Trinajstić information content (AvgIpc) is 2.54. The molecule has 0 N–H and O–H groups in total. The molecule has 0 unspecified atom stereocenters. The molecule has 2 fully saturated rings. The Morgan fingerprint density at radius 1 is 1.04 bits per heavy atom. The van der Waals surface area contributed by atoms with Gasteiger partial charge in [-0.05, 0) is 26.3 Å². The summed E-state index contributed by atoms with van der Waals surface area (Å²) < 4.78 is 34.7. The monoisotopic (exact) mass is 367 g/mol. The predicted molar refractivity (Wildman–Crippen MR) is 98.5 cm³/mol. The number of rotatable bonds is 4. The Bertz CT molecular complexity index is 677. The largest absolute Gasteiger partial charge is 0.373 e. The van der Waals surface area contributed by atoms with Gasteiger partial charge in [0.2, 0.25) is 0 Å². The molecule has 2 saturated heterocycles. The van der Waals surface area contributed by atoms with Crippen LogP contribution < -0.4 is 0 Å². The minimum atomic E-state index is -3.39. The molecule has 1 aromatic carbocycles. The Balaban J connectivity index is 1.57. The summed E-state index contributed by atoms with van der Waals surface area (Å²) in [5.41, 5.74) is 2.54. The third-order valence-corrected chi connectivity index (χ3v) is 6.83. The molecular formula is C18H29N3O3S. The molecular weight excluding hydrogens is 338 g/mol. The lowest BCUT2D eigenvalue weighted by Gasteiger charge is -2.40. The van der Waals surface area contributed by atoms with Crippen LogP contribution in [0.4, 0.5) is 0 Å². The first-order valence-corrected chi connectivity index (χ1v) is 10.4. The molecule has 0 amide bonds. The van der Waals surface area contributed by atoms with E-state index in [-0.39, 0.29) is 12.2 Å². The molecule has 2 heterocycles. The second-order valence-corrected chi connectivity index (χ2v) is 9.17. The first-order valence-electron chi connectivity index (χ1n) is 9.03. The summed E-state index contributed by atoms with van der Waals surface area (Å²) in [5.74, 6) is 0. The van der Waals surface area contributed by atoms with E-state index in [2.05, 4.69) is 36.1 Å². The highest BCUT2D eigenvalue weighted by atomic mass is 32.2. The molecule has 0 saturated carbocycles. The number of nitrogens with zero attached hydrogens (tertiary/aromatic N) is 3. The minimum absolute atomic E-state index is 0.0545. The zero-order chi connectivity index (χ0) is 18.0. The normalized spacial score (nSPS) is 27.5. The van der Waals surface area contributed by atoms with Crippen molar-refractivity contribution >= 4 is 10.2 Å². The topological polar surface area (TPSA) is 53.1 Å². The van der Waals surface area contributed by atoms with E-state index in [9.17, 15) is 8.42 Å². The maximum Gasteiger partial charge on any atom is 0.282 e. The number of hydrogen-bond donors (Lipinski definition) is 0. The van der Waals surface area contributed by atoms with E-state index in [1.807, 2.05) is 13.8 Å². The quantitative estimate of drug-likeness (QED) is 0.809. The Labute approximate surface area is 151 Å². The van der Waals surface area contributed by atoms with Gasteiger partial charge in [0.15, 0.2) is 0 Å². The van der Waals surface area contributed by atoms with Gasteiger partial charge in [-0.3, -0.25) is 4.90 Å². The zero-order valence-corrected chi connectivity index (χ0v) is 16.2. The van der Waals surface area contributed by atoms with Crippen LogP contribution in [0.3, 0.4) is 0 Å². The summed E-state index contributed by atoms with van der Waals surface area (Å²) in [4.78, 5) is 2.32. The molecule has 0 spiro atoms. The molecule has 2 aliphatic rings. The van der Waals surface area contributed by atoms with Crippen molar-refractivity contribution in [3.05, 3.63) is 35.4 Å². The van der Waals surface area contributed by atoms with E-state index >= 15 is 0 Å². The molecule has 6 nitrogen and oxygen atoms in total. The third-order valence-electron chi connectivity index (χ3n) is 4.86. The van der Waals surface area contributed by atoms with E-state index in [4.69, 9.17) is 4.74 Å². The van der Waals surface area contributed by atoms with Gasteiger partial charge in [-0.1, -0.05) is 29.8 Å². The summed E-state index contributed by atoms with van der Waals surface area (Å²) in [6.45, 7) is 10.3. The third kappa shape index (κ3) is 4.60. The molecule has 2 atom stereocenters. The summed E-state index contributed by atoms with van der Waals surface area (Å²) >= 11 is 0. The van der Waals surface area contributed by atoms with Gasteiger partial charge in [0.25, 0.3) is 10.2 Å². The van der Waals surface area contributed by atoms with Crippen LogP contribution >= 0.6 is 0 Å². The van der Waals surface area contributed by atoms with Crippen molar-refractivity contribution < 1.29 is 13.2 Å². The van der Waals surface area contributed by atoms with Crippen LogP contribution in [0.2, 0.25) is 0 Å². The van der Waals surface area contributed by atoms with Gasteiger partial charge in [0, 0.05) is 45.8 Å². The molecule has 0 aromatic heterocycles. The SMILES string of the molecule is Cc1cccc(CN2CCN(S(=O)(=O)N3C[C@@H](C)O[C@H](C)C3)CC2)c1. The van der Waals surface area contributed by atoms with E-state index in [0.29, 0.717) is 26.2 Å². The standard InChI is InChI=1S/C18H29N3O3S/c1-15-5-4-6-18(11-15)14-19-7-9-20(10-8-19)25(22,23)21-12-16(2)24-17(3)13-21/h4-6,11,16-17H,7-10,12-14H2,1-3H3/t16-,17-/m1/s1. The van der Waals surface area contributed by atoms with Crippen molar-refractivity contribution in [3.8, 4) is 0 Å². The fraction of sp³-hybridized carbons (Fsp3) is 0.667.